The van der Waals surface area contributed by atoms with E-state index in [1.165, 1.54) is 11.3 Å². The molecule has 1 aliphatic heterocycles. The van der Waals surface area contributed by atoms with E-state index in [-0.39, 0.29) is 6.09 Å². The zero-order valence-electron chi connectivity index (χ0n) is 15.8. The molecule has 1 aromatic rings. The smallest absolute Gasteiger partial charge is 0.410 e. The van der Waals surface area contributed by atoms with Crippen LogP contribution in [0.1, 0.15) is 63.0 Å². The zero-order valence-corrected chi connectivity index (χ0v) is 15.8. The first-order chi connectivity index (χ1) is 11.2. The molecule has 24 heavy (non-hydrogen) atoms. The third-order valence-electron chi connectivity index (χ3n) is 4.57. The van der Waals surface area contributed by atoms with Crippen LogP contribution >= 0.6 is 0 Å². The fourth-order valence-electron chi connectivity index (χ4n) is 3.31. The van der Waals surface area contributed by atoms with Crippen LogP contribution in [0.4, 0.5) is 4.79 Å². The average Bonchev–Trinajstić information content (AvgIpc) is 2.78. The molecule has 0 aromatic carbocycles. The van der Waals surface area contributed by atoms with Crippen LogP contribution in [-0.2, 0) is 11.2 Å². The molecule has 1 saturated heterocycles. The van der Waals surface area contributed by atoms with Crippen molar-refractivity contribution in [2.45, 2.75) is 71.9 Å². The van der Waals surface area contributed by atoms with Gasteiger partial charge in [-0.05, 0) is 72.4 Å². The molecule has 0 radical (unpaired) electrons. The van der Waals surface area contributed by atoms with E-state index in [2.05, 4.69) is 18.5 Å². The molecule has 1 aromatic heterocycles. The number of carbonyl (C=O) groups excluding carboxylic acids is 1. The molecular formula is C18H32N4O2. The Balaban J connectivity index is 1.99. The number of aryl methyl sites for hydroxylation is 1. The Morgan fingerprint density at radius 1 is 1.29 bits per heavy atom. The summed E-state index contributed by atoms with van der Waals surface area (Å²) in [6.45, 7) is 12.1. The number of ether oxygens (including phenoxy) is 1. The number of hydrogen-bond donors (Lipinski definition) is 1. The predicted octanol–water partition coefficient (Wildman–Crippen LogP) is 2.96. The first-order valence-electron chi connectivity index (χ1n) is 8.95. The van der Waals surface area contributed by atoms with Crippen molar-refractivity contribution in [3.05, 3.63) is 17.0 Å². The lowest BCUT2D eigenvalue weighted by Crippen LogP contribution is -2.42. The highest BCUT2D eigenvalue weighted by atomic mass is 16.6. The number of nitrogens with two attached hydrogens (primary N) is 1. The van der Waals surface area contributed by atoms with E-state index in [4.69, 9.17) is 15.6 Å². The first-order valence-corrected chi connectivity index (χ1v) is 8.95. The highest BCUT2D eigenvalue weighted by molar-refractivity contribution is 5.68. The Labute approximate surface area is 145 Å². The second-order valence-electron chi connectivity index (χ2n) is 7.68. The number of piperidine rings is 1. The van der Waals surface area contributed by atoms with Crippen LogP contribution in [0.15, 0.2) is 0 Å². The molecule has 1 aliphatic rings. The predicted molar refractivity (Wildman–Crippen MR) is 95.2 cm³/mol. The Morgan fingerprint density at radius 3 is 2.46 bits per heavy atom. The molecule has 1 amide bonds. The number of carbonyl (C=O) groups is 1. The summed E-state index contributed by atoms with van der Waals surface area (Å²) in [5.41, 5.74) is 8.88. The molecule has 2 heterocycles. The molecule has 0 aliphatic carbocycles. The first kappa shape index (κ1) is 18.8. The summed E-state index contributed by atoms with van der Waals surface area (Å²) in [6, 6.07) is 0.356. The van der Waals surface area contributed by atoms with E-state index < -0.39 is 5.60 Å². The van der Waals surface area contributed by atoms with E-state index in [0.717, 1.165) is 44.5 Å². The van der Waals surface area contributed by atoms with Crippen LogP contribution in [-0.4, -0.2) is 46.0 Å². The molecule has 136 valence electrons. The molecule has 0 spiro atoms. The van der Waals surface area contributed by atoms with E-state index in [0.29, 0.717) is 12.6 Å². The highest BCUT2D eigenvalue weighted by Gasteiger charge is 2.29. The fraction of sp³-hybridized carbons (Fsp3) is 0.778. The average molecular weight is 336 g/mol. The van der Waals surface area contributed by atoms with Crippen molar-refractivity contribution in [3.63, 3.8) is 0 Å². The van der Waals surface area contributed by atoms with Crippen LogP contribution in [0, 0.1) is 13.8 Å². The Morgan fingerprint density at radius 2 is 1.92 bits per heavy atom. The normalized spacial score (nSPS) is 16.5. The van der Waals surface area contributed by atoms with Crippen molar-refractivity contribution >= 4 is 6.09 Å². The zero-order chi connectivity index (χ0) is 17.9. The highest BCUT2D eigenvalue weighted by Crippen LogP contribution is 2.27. The van der Waals surface area contributed by atoms with E-state index in [1.54, 1.807) is 0 Å². The maximum absolute atomic E-state index is 12.2. The molecule has 6 heteroatoms. The van der Waals surface area contributed by atoms with Crippen molar-refractivity contribution in [2.24, 2.45) is 5.73 Å². The second kappa shape index (κ2) is 7.55. The lowest BCUT2D eigenvalue weighted by molar-refractivity contribution is 0.0184. The van der Waals surface area contributed by atoms with Gasteiger partial charge in [0, 0.05) is 18.8 Å². The van der Waals surface area contributed by atoms with Gasteiger partial charge < -0.3 is 15.4 Å². The summed E-state index contributed by atoms with van der Waals surface area (Å²) in [6.07, 6.45) is 3.60. The largest absolute Gasteiger partial charge is 0.444 e. The minimum Gasteiger partial charge on any atom is -0.444 e. The van der Waals surface area contributed by atoms with Crippen molar-refractivity contribution < 1.29 is 9.53 Å². The van der Waals surface area contributed by atoms with Gasteiger partial charge in [0.1, 0.15) is 5.60 Å². The lowest BCUT2D eigenvalue weighted by Gasteiger charge is -2.34. The number of hydrogen-bond acceptors (Lipinski definition) is 4. The van der Waals surface area contributed by atoms with E-state index in [1.807, 2.05) is 25.7 Å². The van der Waals surface area contributed by atoms with Gasteiger partial charge in [-0.25, -0.2) is 4.79 Å². The van der Waals surface area contributed by atoms with Gasteiger partial charge in [0.15, 0.2) is 0 Å². The summed E-state index contributed by atoms with van der Waals surface area (Å²) in [4.78, 5) is 14.0. The molecular weight excluding hydrogens is 304 g/mol. The lowest BCUT2D eigenvalue weighted by atomic mass is 10.0. The number of nitrogens with zero attached hydrogens (tertiary/aromatic N) is 3. The Bertz CT molecular complexity index is 566. The number of aromatic nitrogens is 2. The van der Waals surface area contributed by atoms with Gasteiger partial charge in [0.05, 0.1) is 11.7 Å². The summed E-state index contributed by atoms with van der Waals surface area (Å²) in [5, 5.41) is 4.76. The molecule has 0 bridgehead atoms. The second-order valence-corrected chi connectivity index (χ2v) is 7.68. The molecule has 0 saturated carbocycles. The molecule has 6 nitrogen and oxygen atoms in total. The van der Waals surface area contributed by atoms with Gasteiger partial charge in [-0.1, -0.05) is 0 Å². The Kier molecular flexibility index (Phi) is 5.91. The quantitative estimate of drug-likeness (QED) is 0.917. The number of amides is 1. The van der Waals surface area contributed by atoms with Crippen LogP contribution in [0.5, 0.6) is 0 Å². The van der Waals surface area contributed by atoms with Gasteiger partial charge in [0.2, 0.25) is 0 Å². The maximum Gasteiger partial charge on any atom is 0.410 e. The van der Waals surface area contributed by atoms with Crippen molar-refractivity contribution in [2.75, 3.05) is 19.6 Å². The fourth-order valence-corrected chi connectivity index (χ4v) is 3.31. The van der Waals surface area contributed by atoms with Gasteiger partial charge in [-0.2, -0.15) is 5.10 Å². The van der Waals surface area contributed by atoms with Crippen molar-refractivity contribution in [1.82, 2.24) is 14.7 Å². The SMILES string of the molecule is Cc1nn(C2CCN(C(=O)OC(C)(C)C)CC2)c(C)c1CCCN. The molecule has 2 N–H and O–H groups in total. The van der Waals surface area contributed by atoms with Crippen molar-refractivity contribution in [3.8, 4) is 0 Å². The minimum atomic E-state index is -0.443. The van der Waals surface area contributed by atoms with Crippen LogP contribution in [0.2, 0.25) is 0 Å². The van der Waals surface area contributed by atoms with Gasteiger partial charge >= 0.3 is 6.09 Å². The number of rotatable bonds is 4. The van der Waals surface area contributed by atoms with Gasteiger partial charge in [-0.3, -0.25) is 4.68 Å². The summed E-state index contributed by atoms with van der Waals surface area (Å²) in [5.74, 6) is 0. The van der Waals surface area contributed by atoms with Gasteiger partial charge in [-0.15, -0.1) is 0 Å². The van der Waals surface area contributed by atoms with E-state index >= 15 is 0 Å². The Hall–Kier alpha value is -1.56. The molecule has 0 unspecified atom stereocenters. The van der Waals surface area contributed by atoms with Crippen LogP contribution in [0.25, 0.3) is 0 Å². The van der Waals surface area contributed by atoms with Gasteiger partial charge in [0.25, 0.3) is 0 Å². The topological polar surface area (TPSA) is 73.4 Å². The molecule has 0 atom stereocenters. The maximum atomic E-state index is 12.2. The van der Waals surface area contributed by atoms with Crippen molar-refractivity contribution in [1.29, 1.82) is 0 Å². The number of likely N-dealkylation sites (tertiary alicyclic amines) is 1. The summed E-state index contributed by atoms with van der Waals surface area (Å²) < 4.78 is 7.62. The summed E-state index contributed by atoms with van der Waals surface area (Å²) in [7, 11) is 0. The molecule has 2 rings (SSSR count). The monoisotopic (exact) mass is 336 g/mol. The van der Waals surface area contributed by atoms with Crippen LogP contribution < -0.4 is 5.73 Å². The third kappa shape index (κ3) is 4.50. The van der Waals surface area contributed by atoms with E-state index in [9.17, 15) is 4.79 Å². The minimum absolute atomic E-state index is 0.210. The standard InChI is InChI=1S/C18H32N4O2/c1-13-16(7-6-10-19)14(2)22(20-13)15-8-11-21(12-9-15)17(23)24-18(3,4)5/h15H,6-12,19H2,1-5H3. The molecule has 1 fully saturated rings. The third-order valence-corrected chi connectivity index (χ3v) is 4.57. The van der Waals surface area contributed by atoms with Crippen LogP contribution in [0.3, 0.4) is 0 Å². The summed E-state index contributed by atoms with van der Waals surface area (Å²) >= 11 is 0.